The summed E-state index contributed by atoms with van der Waals surface area (Å²) in [6.45, 7) is 6.97. The predicted molar refractivity (Wildman–Crippen MR) is 128 cm³/mol. The second kappa shape index (κ2) is 9.83. The summed E-state index contributed by atoms with van der Waals surface area (Å²) in [6, 6.07) is 3.63. The number of nitrogens with zero attached hydrogens (tertiary/aromatic N) is 5. The lowest BCUT2D eigenvalue weighted by atomic mass is 9.87. The van der Waals surface area contributed by atoms with Crippen molar-refractivity contribution in [3.8, 4) is 17.1 Å². The largest absolute Gasteiger partial charge is 0.489 e. The van der Waals surface area contributed by atoms with Gasteiger partial charge in [0.1, 0.15) is 23.7 Å². The minimum Gasteiger partial charge on any atom is -0.489 e. The Bertz CT molecular complexity index is 1100. The molecule has 2 aromatic heterocycles. The van der Waals surface area contributed by atoms with E-state index in [0.29, 0.717) is 59.2 Å². The molecule has 0 aromatic carbocycles. The highest BCUT2D eigenvalue weighted by atomic mass is 16.6. The average molecular weight is 486 g/mol. The van der Waals surface area contributed by atoms with Gasteiger partial charge in [-0.1, -0.05) is 19.1 Å². The molecule has 2 heterocycles. The van der Waals surface area contributed by atoms with E-state index in [4.69, 9.17) is 9.47 Å². The van der Waals surface area contributed by atoms with E-state index in [1.807, 2.05) is 13.0 Å². The van der Waals surface area contributed by atoms with Crippen molar-refractivity contribution in [3.63, 3.8) is 0 Å². The number of aryl methyl sites for hydroxylation is 2. The minimum absolute atomic E-state index is 0.0354. The molecule has 1 unspecified atom stereocenters. The summed E-state index contributed by atoms with van der Waals surface area (Å²) >= 11 is 0. The first-order valence-electron chi connectivity index (χ1n) is 12.2. The van der Waals surface area contributed by atoms with Crippen LogP contribution in [-0.4, -0.2) is 61.7 Å². The number of amides is 1. The monoisotopic (exact) mass is 485 g/mol. The van der Waals surface area contributed by atoms with E-state index in [-0.39, 0.29) is 24.7 Å². The summed E-state index contributed by atoms with van der Waals surface area (Å²) in [5.41, 5.74) is 2.77. The van der Waals surface area contributed by atoms with Crippen LogP contribution in [0.3, 0.4) is 0 Å². The molecule has 2 aliphatic carbocycles. The number of carboxylic acids is 1. The highest BCUT2D eigenvalue weighted by Gasteiger charge is 2.46. The van der Waals surface area contributed by atoms with Crippen LogP contribution >= 0.6 is 0 Å². The van der Waals surface area contributed by atoms with Crippen LogP contribution in [-0.2, 0) is 23.2 Å². The Labute approximate surface area is 205 Å². The SMILES string of the molecule is Cc1nc(-c2nnn(C)c2COC(=O)N(C)CC2CC2(C)C)ccc1O[C@H]1CCC[C@H](C(=O)O)C1. The van der Waals surface area contributed by atoms with E-state index in [2.05, 4.69) is 29.1 Å². The van der Waals surface area contributed by atoms with Crippen molar-refractivity contribution in [1.82, 2.24) is 24.9 Å². The first-order chi connectivity index (χ1) is 16.5. The van der Waals surface area contributed by atoms with Crippen molar-refractivity contribution in [2.75, 3.05) is 13.6 Å². The van der Waals surface area contributed by atoms with Crippen molar-refractivity contribution in [3.05, 3.63) is 23.5 Å². The summed E-state index contributed by atoms with van der Waals surface area (Å²) in [5, 5.41) is 17.7. The smallest absolute Gasteiger partial charge is 0.409 e. The minimum atomic E-state index is -0.762. The van der Waals surface area contributed by atoms with Gasteiger partial charge < -0.3 is 19.5 Å². The maximum atomic E-state index is 12.5. The number of rotatable bonds is 8. The lowest BCUT2D eigenvalue weighted by Crippen LogP contribution is -2.30. The number of hydrogen-bond acceptors (Lipinski definition) is 7. The molecule has 0 aliphatic heterocycles. The first-order valence-corrected chi connectivity index (χ1v) is 12.2. The Balaban J connectivity index is 1.40. The summed E-state index contributed by atoms with van der Waals surface area (Å²) in [4.78, 5) is 30.1. The number of pyridine rings is 1. The summed E-state index contributed by atoms with van der Waals surface area (Å²) < 4.78 is 13.3. The molecule has 4 rings (SSSR count). The van der Waals surface area contributed by atoms with E-state index >= 15 is 0 Å². The van der Waals surface area contributed by atoms with E-state index in [0.717, 1.165) is 19.3 Å². The molecule has 0 spiro atoms. The quantitative estimate of drug-likeness (QED) is 0.599. The molecule has 190 valence electrons. The Hall–Kier alpha value is -3.17. The molecule has 10 heteroatoms. The number of hydrogen-bond donors (Lipinski definition) is 1. The van der Waals surface area contributed by atoms with Crippen LogP contribution in [0.4, 0.5) is 4.79 Å². The maximum Gasteiger partial charge on any atom is 0.409 e. The molecule has 3 atom stereocenters. The molecule has 1 N–H and O–H groups in total. The van der Waals surface area contributed by atoms with Crippen LogP contribution in [0.2, 0.25) is 0 Å². The Kier molecular flexibility index (Phi) is 7.00. The number of carboxylic acid groups (broad SMARTS) is 1. The van der Waals surface area contributed by atoms with Crippen LogP contribution in [0.25, 0.3) is 11.4 Å². The molecule has 2 aromatic rings. The third kappa shape index (κ3) is 5.74. The predicted octanol–water partition coefficient (Wildman–Crippen LogP) is 3.82. The fourth-order valence-electron chi connectivity index (χ4n) is 4.73. The summed E-state index contributed by atoms with van der Waals surface area (Å²) in [5.74, 6) is 0.0136. The van der Waals surface area contributed by atoms with Crippen molar-refractivity contribution in [2.24, 2.45) is 24.3 Å². The zero-order chi connectivity index (χ0) is 25.3. The third-order valence-corrected chi connectivity index (χ3v) is 7.35. The molecule has 35 heavy (non-hydrogen) atoms. The Morgan fingerprint density at radius 3 is 2.69 bits per heavy atom. The fourth-order valence-corrected chi connectivity index (χ4v) is 4.73. The Morgan fingerprint density at radius 1 is 1.29 bits per heavy atom. The van der Waals surface area contributed by atoms with E-state index < -0.39 is 5.97 Å². The summed E-state index contributed by atoms with van der Waals surface area (Å²) in [7, 11) is 3.51. The molecule has 2 aliphatic rings. The second-order valence-corrected chi connectivity index (χ2v) is 10.6. The normalized spacial score (nSPS) is 22.9. The van der Waals surface area contributed by atoms with Crippen molar-refractivity contribution < 1.29 is 24.2 Å². The standard InChI is InChI=1S/C25H35N5O5/c1-15-21(35-18-8-6-7-16(11-18)23(31)32)10-9-19(26-15)22-20(30(5)28-27-22)14-34-24(33)29(4)13-17-12-25(17,2)3/h9-10,16-18H,6-8,11-14H2,1-5H3,(H,31,32)/t16-,17?,18-/m0/s1. The van der Waals surface area contributed by atoms with Gasteiger partial charge in [-0.25, -0.2) is 14.5 Å². The van der Waals surface area contributed by atoms with Crippen molar-refractivity contribution in [2.45, 2.75) is 65.6 Å². The van der Waals surface area contributed by atoms with Gasteiger partial charge in [-0.05, 0) is 62.5 Å². The number of aliphatic carboxylic acids is 1. The molecule has 0 radical (unpaired) electrons. The average Bonchev–Trinajstić information content (AvgIpc) is 3.23. The van der Waals surface area contributed by atoms with Crippen LogP contribution in [0.15, 0.2) is 12.1 Å². The van der Waals surface area contributed by atoms with Gasteiger partial charge in [0.25, 0.3) is 0 Å². The van der Waals surface area contributed by atoms with E-state index in [9.17, 15) is 14.7 Å². The zero-order valence-corrected chi connectivity index (χ0v) is 21.2. The lowest BCUT2D eigenvalue weighted by Gasteiger charge is -2.27. The number of ether oxygens (including phenoxy) is 2. The van der Waals surface area contributed by atoms with Gasteiger partial charge in [-0.15, -0.1) is 5.10 Å². The number of aromatic nitrogens is 4. The fraction of sp³-hybridized carbons (Fsp3) is 0.640. The number of carbonyl (C=O) groups excluding carboxylic acids is 1. The summed E-state index contributed by atoms with van der Waals surface area (Å²) in [6.07, 6.45) is 3.47. The molecule has 10 nitrogen and oxygen atoms in total. The Morgan fingerprint density at radius 2 is 2.03 bits per heavy atom. The molecular formula is C25H35N5O5. The molecule has 2 saturated carbocycles. The zero-order valence-electron chi connectivity index (χ0n) is 21.2. The molecule has 2 fully saturated rings. The van der Waals surface area contributed by atoms with Gasteiger partial charge in [-0.2, -0.15) is 0 Å². The highest BCUT2D eigenvalue weighted by molar-refractivity contribution is 5.70. The maximum absolute atomic E-state index is 12.5. The molecular weight excluding hydrogens is 450 g/mol. The number of carbonyl (C=O) groups is 2. The molecule has 1 amide bonds. The molecule has 0 saturated heterocycles. The van der Waals surface area contributed by atoms with Crippen LogP contribution < -0.4 is 4.74 Å². The van der Waals surface area contributed by atoms with Gasteiger partial charge in [0, 0.05) is 20.6 Å². The van der Waals surface area contributed by atoms with Gasteiger partial charge >= 0.3 is 12.1 Å². The van der Waals surface area contributed by atoms with Gasteiger partial charge in [-0.3, -0.25) is 4.79 Å². The lowest BCUT2D eigenvalue weighted by molar-refractivity contribution is -0.143. The van der Waals surface area contributed by atoms with Crippen molar-refractivity contribution in [1.29, 1.82) is 0 Å². The van der Waals surface area contributed by atoms with Crippen LogP contribution in [0, 0.1) is 24.2 Å². The van der Waals surface area contributed by atoms with E-state index in [1.165, 1.54) is 0 Å². The van der Waals surface area contributed by atoms with Gasteiger partial charge in [0.2, 0.25) is 0 Å². The van der Waals surface area contributed by atoms with Crippen LogP contribution in [0.5, 0.6) is 5.75 Å². The third-order valence-electron chi connectivity index (χ3n) is 7.35. The van der Waals surface area contributed by atoms with E-state index in [1.54, 1.807) is 29.7 Å². The molecule has 0 bridgehead atoms. The van der Waals surface area contributed by atoms with Gasteiger partial charge in [0.05, 0.1) is 23.4 Å². The highest BCUT2D eigenvalue weighted by Crippen LogP contribution is 2.51. The van der Waals surface area contributed by atoms with Gasteiger partial charge in [0.15, 0.2) is 0 Å². The van der Waals surface area contributed by atoms with Crippen molar-refractivity contribution >= 4 is 12.1 Å². The topological polar surface area (TPSA) is 120 Å². The first kappa shape index (κ1) is 24.9. The second-order valence-electron chi connectivity index (χ2n) is 10.6. The van der Waals surface area contributed by atoms with Crippen LogP contribution in [0.1, 0.15) is 57.3 Å².